The lowest BCUT2D eigenvalue weighted by molar-refractivity contribution is 0.0159. The Bertz CT molecular complexity index is 235. The van der Waals surface area contributed by atoms with Crippen LogP contribution in [0.5, 0.6) is 0 Å². The smallest absolute Gasteiger partial charge is 0.410 e. The fraction of sp³-hybridized carbons (Fsp3) is 0.917. The van der Waals surface area contributed by atoms with Crippen molar-refractivity contribution in [1.82, 2.24) is 4.90 Å². The predicted octanol–water partition coefficient (Wildman–Crippen LogP) is 2.01. The maximum atomic E-state index is 11.9. The molecule has 0 bridgehead atoms. The van der Waals surface area contributed by atoms with E-state index in [1.807, 2.05) is 20.8 Å². The van der Waals surface area contributed by atoms with Crippen LogP contribution in [0.4, 0.5) is 4.79 Å². The molecular weight excluding hydrogens is 206 g/mol. The van der Waals surface area contributed by atoms with Crippen LogP contribution >= 0.6 is 0 Å². The first-order valence-corrected chi connectivity index (χ1v) is 5.94. The van der Waals surface area contributed by atoms with Crippen LogP contribution < -0.4 is 0 Å². The SMILES string of the molecule is CC1CCC(O)CN(C(=O)OC(C)(C)C)C1. The van der Waals surface area contributed by atoms with Gasteiger partial charge in [-0.1, -0.05) is 6.92 Å². The van der Waals surface area contributed by atoms with E-state index in [1.165, 1.54) is 0 Å². The van der Waals surface area contributed by atoms with E-state index in [0.29, 0.717) is 19.0 Å². The van der Waals surface area contributed by atoms with E-state index in [9.17, 15) is 9.90 Å². The number of carbonyl (C=O) groups is 1. The molecule has 1 aliphatic heterocycles. The molecule has 1 heterocycles. The van der Waals surface area contributed by atoms with Crippen LogP contribution in [0.2, 0.25) is 0 Å². The van der Waals surface area contributed by atoms with Gasteiger partial charge in [0.2, 0.25) is 0 Å². The molecule has 1 fully saturated rings. The van der Waals surface area contributed by atoms with E-state index in [-0.39, 0.29) is 6.09 Å². The quantitative estimate of drug-likeness (QED) is 0.691. The van der Waals surface area contributed by atoms with Gasteiger partial charge in [0.1, 0.15) is 5.60 Å². The minimum atomic E-state index is -0.475. The Morgan fingerprint density at radius 3 is 2.50 bits per heavy atom. The summed E-state index contributed by atoms with van der Waals surface area (Å²) < 4.78 is 5.31. The molecule has 0 aromatic heterocycles. The van der Waals surface area contributed by atoms with Crippen LogP contribution in [-0.2, 0) is 4.74 Å². The van der Waals surface area contributed by atoms with Gasteiger partial charge in [0.25, 0.3) is 0 Å². The standard InChI is InChI=1S/C12H23NO3/c1-9-5-6-10(14)8-13(7-9)11(15)16-12(2,3)4/h9-10,14H,5-8H2,1-4H3. The fourth-order valence-corrected chi connectivity index (χ4v) is 1.84. The topological polar surface area (TPSA) is 49.8 Å². The largest absolute Gasteiger partial charge is 0.444 e. The summed E-state index contributed by atoms with van der Waals surface area (Å²) in [6.45, 7) is 8.70. The zero-order valence-corrected chi connectivity index (χ0v) is 10.7. The summed E-state index contributed by atoms with van der Waals surface area (Å²) in [5.41, 5.74) is -0.475. The average molecular weight is 229 g/mol. The van der Waals surface area contributed by atoms with E-state index >= 15 is 0 Å². The number of rotatable bonds is 0. The van der Waals surface area contributed by atoms with Crippen molar-refractivity contribution in [2.75, 3.05) is 13.1 Å². The second-order valence-electron chi connectivity index (χ2n) is 5.72. The lowest BCUT2D eigenvalue weighted by Crippen LogP contribution is -2.41. The molecule has 2 atom stereocenters. The minimum Gasteiger partial charge on any atom is -0.444 e. The van der Waals surface area contributed by atoms with Gasteiger partial charge in [-0.15, -0.1) is 0 Å². The number of aliphatic hydroxyl groups is 1. The van der Waals surface area contributed by atoms with Crippen LogP contribution in [0.1, 0.15) is 40.5 Å². The van der Waals surface area contributed by atoms with Crippen molar-refractivity contribution in [3.63, 3.8) is 0 Å². The summed E-state index contributed by atoms with van der Waals surface area (Å²) in [5, 5.41) is 9.68. The summed E-state index contributed by atoms with van der Waals surface area (Å²) in [5.74, 6) is 0.421. The molecule has 1 rings (SSSR count). The van der Waals surface area contributed by atoms with Gasteiger partial charge in [-0.2, -0.15) is 0 Å². The monoisotopic (exact) mass is 229 g/mol. The van der Waals surface area contributed by atoms with Gasteiger partial charge in [-0.05, 0) is 39.5 Å². The third kappa shape index (κ3) is 4.39. The summed E-state index contributed by atoms with van der Waals surface area (Å²) >= 11 is 0. The number of likely N-dealkylation sites (tertiary alicyclic amines) is 1. The van der Waals surface area contributed by atoms with Crippen molar-refractivity contribution < 1.29 is 14.6 Å². The number of β-amino-alcohol motifs (C(OH)–C–C–N with tert-alkyl or cyclic N) is 1. The Balaban J connectivity index is 2.59. The van der Waals surface area contributed by atoms with Crippen LogP contribution in [0, 0.1) is 5.92 Å². The van der Waals surface area contributed by atoms with Crippen LogP contribution in [-0.4, -0.2) is 40.9 Å². The van der Waals surface area contributed by atoms with E-state index in [1.54, 1.807) is 4.90 Å². The number of hydrogen-bond donors (Lipinski definition) is 1. The molecule has 0 aromatic rings. The predicted molar refractivity (Wildman–Crippen MR) is 62.2 cm³/mol. The number of nitrogens with zero attached hydrogens (tertiary/aromatic N) is 1. The fourth-order valence-electron chi connectivity index (χ4n) is 1.84. The highest BCUT2D eigenvalue weighted by molar-refractivity contribution is 5.68. The molecule has 0 radical (unpaired) electrons. The van der Waals surface area contributed by atoms with Gasteiger partial charge < -0.3 is 14.7 Å². The van der Waals surface area contributed by atoms with E-state index in [0.717, 1.165) is 12.8 Å². The van der Waals surface area contributed by atoms with Crippen molar-refractivity contribution in [1.29, 1.82) is 0 Å². The Morgan fingerprint density at radius 2 is 1.94 bits per heavy atom. The maximum Gasteiger partial charge on any atom is 0.410 e. The number of aliphatic hydroxyl groups excluding tert-OH is 1. The molecule has 0 aromatic carbocycles. The molecule has 2 unspecified atom stereocenters. The van der Waals surface area contributed by atoms with Gasteiger partial charge in [0.05, 0.1) is 6.10 Å². The summed E-state index contributed by atoms with van der Waals surface area (Å²) in [7, 11) is 0. The third-order valence-electron chi connectivity index (χ3n) is 2.61. The lowest BCUT2D eigenvalue weighted by Gasteiger charge is -2.28. The average Bonchev–Trinajstić information content (AvgIpc) is 2.25. The maximum absolute atomic E-state index is 11.9. The Labute approximate surface area is 97.6 Å². The second kappa shape index (κ2) is 5.04. The van der Waals surface area contributed by atoms with E-state index < -0.39 is 11.7 Å². The number of carbonyl (C=O) groups excluding carboxylic acids is 1. The molecule has 1 N–H and O–H groups in total. The Hall–Kier alpha value is -0.770. The van der Waals surface area contributed by atoms with Crippen LogP contribution in [0.15, 0.2) is 0 Å². The highest BCUT2D eigenvalue weighted by Gasteiger charge is 2.27. The highest BCUT2D eigenvalue weighted by Crippen LogP contribution is 2.18. The summed E-state index contributed by atoms with van der Waals surface area (Å²) in [6, 6.07) is 0. The molecule has 0 aliphatic carbocycles. The van der Waals surface area contributed by atoms with Crippen molar-refractivity contribution in [3.05, 3.63) is 0 Å². The molecule has 94 valence electrons. The number of amides is 1. The van der Waals surface area contributed by atoms with Gasteiger partial charge in [-0.3, -0.25) is 0 Å². The van der Waals surface area contributed by atoms with E-state index in [4.69, 9.17) is 4.74 Å². The molecule has 4 heteroatoms. The first-order chi connectivity index (χ1) is 7.28. The number of hydrogen-bond acceptors (Lipinski definition) is 3. The molecule has 1 amide bonds. The van der Waals surface area contributed by atoms with Crippen molar-refractivity contribution in [2.24, 2.45) is 5.92 Å². The summed E-state index contributed by atoms with van der Waals surface area (Å²) in [6.07, 6.45) is 0.985. The lowest BCUT2D eigenvalue weighted by atomic mass is 10.1. The molecule has 0 spiro atoms. The molecular formula is C12H23NO3. The first kappa shape index (κ1) is 13.3. The van der Waals surface area contributed by atoms with Gasteiger partial charge in [0, 0.05) is 13.1 Å². The van der Waals surface area contributed by atoms with Crippen LogP contribution in [0.25, 0.3) is 0 Å². The normalized spacial score (nSPS) is 27.4. The molecule has 4 nitrogen and oxygen atoms in total. The zero-order chi connectivity index (χ0) is 12.3. The molecule has 1 saturated heterocycles. The van der Waals surface area contributed by atoms with Gasteiger partial charge >= 0.3 is 6.09 Å². The Kier molecular flexibility index (Phi) is 4.19. The van der Waals surface area contributed by atoms with Crippen molar-refractivity contribution >= 4 is 6.09 Å². The molecule has 1 aliphatic rings. The highest BCUT2D eigenvalue weighted by atomic mass is 16.6. The Morgan fingerprint density at radius 1 is 1.31 bits per heavy atom. The minimum absolute atomic E-state index is 0.319. The molecule has 16 heavy (non-hydrogen) atoms. The van der Waals surface area contributed by atoms with Crippen molar-refractivity contribution in [2.45, 2.75) is 52.2 Å². The van der Waals surface area contributed by atoms with E-state index in [2.05, 4.69) is 6.92 Å². The first-order valence-electron chi connectivity index (χ1n) is 5.94. The third-order valence-corrected chi connectivity index (χ3v) is 2.61. The second-order valence-corrected chi connectivity index (χ2v) is 5.72. The van der Waals surface area contributed by atoms with Crippen LogP contribution in [0.3, 0.4) is 0 Å². The van der Waals surface area contributed by atoms with Gasteiger partial charge in [0.15, 0.2) is 0 Å². The summed E-state index contributed by atoms with van der Waals surface area (Å²) in [4.78, 5) is 13.5. The zero-order valence-electron chi connectivity index (χ0n) is 10.7. The van der Waals surface area contributed by atoms with Crippen molar-refractivity contribution in [3.8, 4) is 0 Å². The van der Waals surface area contributed by atoms with Gasteiger partial charge in [-0.25, -0.2) is 4.79 Å². The number of ether oxygens (including phenoxy) is 1. The molecule has 0 saturated carbocycles.